The minimum atomic E-state index is -1.06. The zero-order valence-corrected chi connectivity index (χ0v) is 21.1. The number of carbonyl (C=O) groups is 2. The fraction of sp³-hybridized carbons (Fsp3) is 0.286. The van der Waals surface area contributed by atoms with Crippen LogP contribution in [-0.2, 0) is 15.1 Å². The van der Waals surface area contributed by atoms with Crippen LogP contribution in [0.4, 0.5) is 5.69 Å². The van der Waals surface area contributed by atoms with E-state index in [1.54, 1.807) is 48.3 Å². The van der Waals surface area contributed by atoms with Crippen molar-refractivity contribution in [1.29, 1.82) is 0 Å². The molecule has 0 saturated carbocycles. The Labute approximate surface area is 215 Å². The molecule has 0 unspecified atom stereocenters. The zero-order valence-electron chi connectivity index (χ0n) is 20.4. The SMILES string of the molecule is CCCN1C(=O)CN2C(=O)[C@@H](Oc3cc(OC)cc(OC)c3)[C@@]2(c2ccccc2)c2cc(Cl)ccc21. The Kier molecular flexibility index (Phi) is 6.26. The first-order valence-corrected chi connectivity index (χ1v) is 12.2. The summed E-state index contributed by atoms with van der Waals surface area (Å²) in [6.45, 7) is 2.48. The highest BCUT2D eigenvalue weighted by atomic mass is 35.5. The van der Waals surface area contributed by atoms with Gasteiger partial charge in [-0.25, -0.2) is 0 Å². The van der Waals surface area contributed by atoms with Crippen molar-refractivity contribution >= 4 is 29.1 Å². The number of rotatable bonds is 7. The van der Waals surface area contributed by atoms with E-state index in [1.165, 1.54) is 0 Å². The van der Waals surface area contributed by atoms with E-state index >= 15 is 0 Å². The largest absolute Gasteiger partial charge is 0.496 e. The molecule has 2 aliphatic rings. The maximum Gasteiger partial charge on any atom is 0.268 e. The highest BCUT2D eigenvalue weighted by molar-refractivity contribution is 6.30. The van der Waals surface area contributed by atoms with Gasteiger partial charge in [0.05, 0.1) is 14.2 Å². The highest BCUT2D eigenvalue weighted by Gasteiger charge is 2.66. The fourth-order valence-corrected chi connectivity index (χ4v) is 5.38. The van der Waals surface area contributed by atoms with Gasteiger partial charge < -0.3 is 24.0 Å². The molecule has 1 saturated heterocycles. The van der Waals surface area contributed by atoms with E-state index in [4.69, 9.17) is 25.8 Å². The van der Waals surface area contributed by atoms with E-state index in [9.17, 15) is 9.59 Å². The number of hydrogen-bond donors (Lipinski definition) is 0. The minimum Gasteiger partial charge on any atom is -0.496 e. The van der Waals surface area contributed by atoms with E-state index in [1.807, 2.05) is 49.4 Å². The number of halogens is 1. The van der Waals surface area contributed by atoms with Gasteiger partial charge in [0.2, 0.25) is 12.0 Å². The Morgan fingerprint density at radius 3 is 2.25 bits per heavy atom. The van der Waals surface area contributed by atoms with E-state index in [0.717, 1.165) is 23.2 Å². The Balaban J connectivity index is 1.74. The molecule has 0 spiro atoms. The first kappa shape index (κ1) is 24.0. The fourth-order valence-electron chi connectivity index (χ4n) is 5.21. The highest BCUT2D eigenvalue weighted by Crippen LogP contribution is 2.53. The van der Waals surface area contributed by atoms with Crippen LogP contribution in [-0.4, -0.2) is 50.1 Å². The smallest absolute Gasteiger partial charge is 0.268 e. The van der Waals surface area contributed by atoms with Crippen LogP contribution in [0.5, 0.6) is 17.2 Å². The number of nitrogens with zero attached hydrogens (tertiary/aromatic N) is 2. The van der Waals surface area contributed by atoms with Gasteiger partial charge >= 0.3 is 0 Å². The van der Waals surface area contributed by atoms with Crippen molar-refractivity contribution < 1.29 is 23.8 Å². The van der Waals surface area contributed by atoms with Crippen molar-refractivity contribution in [1.82, 2.24) is 4.90 Å². The van der Waals surface area contributed by atoms with E-state index in [2.05, 4.69) is 0 Å². The van der Waals surface area contributed by atoms with Crippen LogP contribution in [0.2, 0.25) is 5.02 Å². The molecule has 2 atom stereocenters. The lowest BCUT2D eigenvalue weighted by Gasteiger charge is -2.56. The van der Waals surface area contributed by atoms with Crippen LogP contribution in [0.1, 0.15) is 24.5 Å². The lowest BCUT2D eigenvalue weighted by atomic mass is 9.69. The van der Waals surface area contributed by atoms with Gasteiger partial charge in [-0.2, -0.15) is 0 Å². The molecule has 36 heavy (non-hydrogen) atoms. The molecule has 7 nitrogen and oxygen atoms in total. The summed E-state index contributed by atoms with van der Waals surface area (Å²) in [5.74, 6) is 1.07. The van der Waals surface area contributed by atoms with E-state index < -0.39 is 11.6 Å². The third kappa shape index (κ3) is 3.66. The molecule has 1 fully saturated rings. The standard InChI is InChI=1S/C28H27ClN2O5/c1-4-12-30-24-11-10-19(29)13-23(24)28(18-8-6-5-7-9-18)26(27(33)31(28)17-25(30)32)36-22-15-20(34-2)14-21(16-22)35-3/h5-11,13-16,26H,4,12,17H2,1-3H3/t26-,28-/m1/s1. The summed E-state index contributed by atoms with van der Waals surface area (Å²) in [7, 11) is 3.11. The predicted octanol–water partition coefficient (Wildman–Crippen LogP) is 4.65. The number of amides is 2. The van der Waals surface area contributed by atoms with Gasteiger partial charge in [0.15, 0.2) is 0 Å². The van der Waals surface area contributed by atoms with Gasteiger partial charge in [-0.3, -0.25) is 9.59 Å². The Morgan fingerprint density at radius 1 is 0.944 bits per heavy atom. The first-order valence-electron chi connectivity index (χ1n) is 11.8. The molecule has 2 aliphatic heterocycles. The summed E-state index contributed by atoms with van der Waals surface area (Å²) in [4.78, 5) is 30.5. The third-order valence-corrected chi connectivity index (χ3v) is 7.03. The number of benzene rings is 3. The molecule has 0 aromatic heterocycles. The van der Waals surface area contributed by atoms with Crippen molar-refractivity contribution in [3.8, 4) is 17.2 Å². The number of β-lactam (4-membered cyclic amide) rings is 1. The van der Waals surface area contributed by atoms with Crippen molar-refractivity contribution in [2.75, 3.05) is 32.2 Å². The molecule has 2 amide bonds. The molecule has 3 aromatic carbocycles. The van der Waals surface area contributed by atoms with Gasteiger partial charge in [-0.1, -0.05) is 48.9 Å². The number of methoxy groups -OCH3 is 2. The predicted molar refractivity (Wildman–Crippen MR) is 137 cm³/mol. The quantitative estimate of drug-likeness (QED) is 0.436. The molecule has 0 bridgehead atoms. The van der Waals surface area contributed by atoms with Gasteiger partial charge in [0.1, 0.15) is 29.3 Å². The van der Waals surface area contributed by atoms with Gasteiger partial charge in [-0.05, 0) is 30.2 Å². The lowest BCUT2D eigenvalue weighted by molar-refractivity contribution is -0.177. The molecule has 3 aromatic rings. The van der Waals surface area contributed by atoms with Gasteiger partial charge in [-0.15, -0.1) is 0 Å². The molecular weight excluding hydrogens is 480 g/mol. The van der Waals surface area contributed by atoms with Crippen LogP contribution in [0.3, 0.4) is 0 Å². The molecule has 0 radical (unpaired) electrons. The third-order valence-electron chi connectivity index (χ3n) is 6.79. The average Bonchev–Trinajstić information content (AvgIpc) is 2.99. The number of carbonyl (C=O) groups excluding carboxylic acids is 2. The summed E-state index contributed by atoms with van der Waals surface area (Å²) < 4.78 is 17.2. The molecule has 2 heterocycles. The number of ether oxygens (including phenoxy) is 3. The van der Waals surface area contributed by atoms with E-state index in [-0.39, 0.29) is 18.4 Å². The monoisotopic (exact) mass is 506 g/mol. The molecule has 186 valence electrons. The second-order valence-corrected chi connectivity index (χ2v) is 9.25. The summed E-state index contributed by atoms with van der Waals surface area (Å²) in [6.07, 6.45) is -0.174. The van der Waals surface area contributed by atoms with Crippen molar-refractivity contribution in [3.05, 3.63) is 82.9 Å². The number of anilines is 1. The molecule has 0 aliphatic carbocycles. The van der Waals surface area contributed by atoms with Crippen LogP contribution >= 0.6 is 11.6 Å². The van der Waals surface area contributed by atoms with Crippen LogP contribution in [0, 0.1) is 0 Å². The van der Waals surface area contributed by atoms with Crippen molar-refractivity contribution in [3.63, 3.8) is 0 Å². The normalized spacial score (nSPS) is 20.7. The Bertz CT molecular complexity index is 1290. The van der Waals surface area contributed by atoms with Crippen molar-refractivity contribution in [2.24, 2.45) is 0 Å². The number of fused-ring (bicyclic) bond motifs is 3. The summed E-state index contributed by atoms with van der Waals surface area (Å²) in [5, 5.41) is 0.510. The molecule has 5 rings (SSSR count). The minimum absolute atomic E-state index is 0.0681. The topological polar surface area (TPSA) is 68.3 Å². The van der Waals surface area contributed by atoms with Crippen LogP contribution in [0.25, 0.3) is 0 Å². The zero-order chi connectivity index (χ0) is 25.4. The molecular formula is C28H27ClN2O5. The summed E-state index contributed by atoms with van der Waals surface area (Å²) in [6, 6.07) is 20.3. The van der Waals surface area contributed by atoms with Gasteiger partial charge in [0.25, 0.3) is 5.91 Å². The second kappa shape index (κ2) is 9.39. The number of hydrogen-bond acceptors (Lipinski definition) is 5. The van der Waals surface area contributed by atoms with E-state index in [0.29, 0.717) is 28.8 Å². The average molecular weight is 507 g/mol. The molecule has 8 heteroatoms. The Morgan fingerprint density at radius 2 is 1.61 bits per heavy atom. The Hall–Kier alpha value is -3.71. The molecule has 0 N–H and O–H groups in total. The van der Waals surface area contributed by atoms with Crippen LogP contribution < -0.4 is 19.1 Å². The summed E-state index contributed by atoms with van der Waals surface area (Å²) in [5.41, 5.74) is 1.24. The van der Waals surface area contributed by atoms with Crippen LogP contribution in [0.15, 0.2) is 66.7 Å². The maximum atomic E-state index is 13.7. The lowest BCUT2D eigenvalue weighted by Crippen LogP contribution is -2.74. The van der Waals surface area contributed by atoms with Crippen molar-refractivity contribution in [2.45, 2.75) is 25.0 Å². The first-order chi connectivity index (χ1) is 17.4. The van der Waals surface area contributed by atoms with Gasteiger partial charge in [0, 0.05) is 41.0 Å². The second-order valence-electron chi connectivity index (χ2n) is 8.81. The maximum absolute atomic E-state index is 13.7. The summed E-state index contributed by atoms with van der Waals surface area (Å²) >= 11 is 6.52.